The zero-order valence-corrected chi connectivity index (χ0v) is 13.2. The molecule has 1 aromatic rings. The number of likely N-dealkylation sites (tertiary alicyclic amines) is 1. The zero-order chi connectivity index (χ0) is 14.0. The van der Waals surface area contributed by atoms with Gasteiger partial charge < -0.3 is 10.6 Å². The molecule has 0 spiro atoms. The summed E-state index contributed by atoms with van der Waals surface area (Å²) < 4.78 is 0.950. The predicted octanol–water partition coefficient (Wildman–Crippen LogP) is 3.50. The van der Waals surface area contributed by atoms with E-state index in [4.69, 9.17) is 17.3 Å². The monoisotopic (exact) mass is 344 g/mol. The van der Waals surface area contributed by atoms with Crippen molar-refractivity contribution in [3.05, 3.63) is 33.3 Å². The summed E-state index contributed by atoms with van der Waals surface area (Å²) in [5.74, 6) is 0.173. The number of hydrogen-bond acceptors (Lipinski definition) is 2. The Morgan fingerprint density at radius 2 is 2.26 bits per heavy atom. The first kappa shape index (κ1) is 14.8. The summed E-state index contributed by atoms with van der Waals surface area (Å²) >= 11 is 9.63. The number of nitrogens with zero attached hydrogens (tertiary/aromatic N) is 1. The number of nitrogens with two attached hydrogens (primary N) is 1. The van der Waals surface area contributed by atoms with Crippen molar-refractivity contribution in [1.82, 2.24) is 4.90 Å². The second kappa shape index (κ2) is 6.25. The number of rotatable bonds is 2. The van der Waals surface area contributed by atoms with E-state index in [0.29, 0.717) is 18.0 Å². The van der Waals surface area contributed by atoms with Gasteiger partial charge >= 0.3 is 0 Å². The van der Waals surface area contributed by atoms with Crippen LogP contribution in [0.15, 0.2) is 22.7 Å². The fraction of sp³-hybridized carbons (Fsp3) is 0.500. The third-order valence-electron chi connectivity index (χ3n) is 3.61. The molecule has 1 amide bonds. The van der Waals surface area contributed by atoms with Crippen molar-refractivity contribution < 1.29 is 4.79 Å². The Balaban J connectivity index is 2.47. The number of benzene rings is 1. The van der Waals surface area contributed by atoms with Gasteiger partial charge in [0.2, 0.25) is 5.91 Å². The average Bonchev–Trinajstić information content (AvgIpc) is 2.51. The first-order valence-corrected chi connectivity index (χ1v) is 7.71. The molecule has 2 unspecified atom stereocenters. The summed E-state index contributed by atoms with van der Waals surface area (Å²) in [6, 6.07) is 5.48. The lowest BCUT2D eigenvalue weighted by Crippen LogP contribution is -2.42. The molecule has 1 fully saturated rings. The van der Waals surface area contributed by atoms with Gasteiger partial charge in [0.15, 0.2) is 0 Å². The van der Waals surface area contributed by atoms with Gasteiger partial charge in [-0.1, -0.05) is 27.5 Å². The largest absolute Gasteiger partial charge is 0.334 e. The Hall–Kier alpha value is -0.580. The van der Waals surface area contributed by atoms with E-state index >= 15 is 0 Å². The second-order valence-electron chi connectivity index (χ2n) is 4.85. The van der Waals surface area contributed by atoms with Crippen molar-refractivity contribution in [2.24, 2.45) is 5.73 Å². The molecule has 3 nitrogen and oxygen atoms in total. The van der Waals surface area contributed by atoms with E-state index in [-0.39, 0.29) is 18.0 Å². The average molecular weight is 346 g/mol. The Morgan fingerprint density at radius 3 is 2.95 bits per heavy atom. The fourth-order valence-corrected chi connectivity index (χ4v) is 3.35. The minimum Gasteiger partial charge on any atom is -0.334 e. The minimum absolute atomic E-state index is 0.0545. The van der Waals surface area contributed by atoms with Crippen LogP contribution in [-0.2, 0) is 4.79 Å². The molecule has 0 bridgehead atoms. The fourth-order valence-electron chi connectivity index (χ4n) is 2.69. The van der Waals surface area contributed by atoms with Gasteiger partial charge in [-0.2, -0.15) is 0 Å². The summed E-state index contributed by atoms with van der Waals surface area (Å²) in [5.41, 5.74) is 7.30. The van der Waals surface area contributed by atoms with Crippen LogP contribution in [0.5, 0.6) is 0 Å². The molecule has 19 heavy (non-hydrogen) atoms. The Bertz CT molecular complexity index is 481. The molecule has 1 saturated heterocycles. The zero-order valence-electron chi connectivity index (χ0n) is 10.9. The summed E-state index contributed by atoms with van der Waals surface area (Å²) in [4.78, 5) is 14.1. The third kappa shape index (κ3) is 3.12. The van der Waals surface area contributed by atoms with Crippen LogP contribution in [0.4, 0.5) is 0 Å². The molecular weight excluding hydrogens is 328 g/mol. The number of hydrogen-bond donors (Lipinski definition) is 1. The van der Waals surface area contributed by atoms with Gasteiger partial charge in [0.05, 0.1) is 6.04 Å². The second-order valence-corrected chi connectivity index (χ2v) is 6.14. The van der Waals surface area contributed by atoms with E-state index < -0.39 is 0 Å². The Kier molecular flexibility index (Phi) is 4.87. The highest BCUT2D eigenvalue weighted by Gasteiger charge is 2.33. The van der Waals surface area contributed by atoms with E-state index in [1.165, 1.54) is 0 Å². The Morgan fingerprint density at radius 1 is 1.53 bits per heavy atom. The van der Waals surface area contributed by atoms with Crippen LogP contribution in [0.2, 0.25) is 5.02 Å². The molecule has 2 rings (SSSR count). The molecule has 1 heterocycles. The van der Waals surface area contributed by atoms with Gasteiger partial charge in [-0.3, -0.25) is 4.79 Å². The summed E-state index contributed by atoms with van der Waals surface area (Å²) in [5, 5.41) is 0.665. The lowest BCUT2D eigenvalue weighted by Gasteiger charge is -2.33. The van der Waals surface area contributed by atoms with Gasteiger partial charge in [0, 0.05) is 28.5 Å². The molecule has 1 aliphatic heterocycles. The van der Waals surface area contributed by atoms with Crippen LogP contribution in [0.3, 0.4) is 0 Å². The van der Waals surface area contributed by atoms with Crippen molar-refractivity contribution in [3.63, 3.8) is 0 Å². The summed E-state index contributed by atoms with van der Waals surface area (Å²) in [6.45, 7) is 2.65. The van der Waals surface area contributed by atoms with Gasteiger partial charge in [0.1, 0.15) is 0 Å². The lowest BCUT2D eigenvalue weighted by molar-refractivity contribution is -0.133. The maximum absolute atomic E-state index is 12.2. The first-order chi connectivity index (χ1) is 9.04. The van der Waals surface area contributed by atoms with Crippen LogP contribution >= 0.6 is 27.5 Å². The van der Waals surface area contributed by atoms with Gasteiger partial charge in [0.25, 0.3) is 0 Å². The van der Waals surface area contributed by atoms with E-state index in [1.807, 2.05) is 30.0 Å². The van der Waals surface area contributed by atoms with Gasteiger partial charge in [-0.15, -0.1) is 0 Å². The van der Waals surface area contributed by atoms with Crippen LogP contribution in [0, 0.1) is 0 Å². The normalized spacial score (nSPS) is 24.4. The predicted molar refractivity (Wildman–Crippen MR) is 81.1 cm³/mol. The van der Waals surface area contributed by atoms with Crippen LogP contribution < -0.4 is 5.73 Å². The number of amides is 1. The van der Waals surface area contributed by atoms with E-state index in [2.05, 4.69) is 15.9 Å². The quantitative estimate of drug-likeness (QED) is 0.891. The number of halogens is 2. The maximum Gasteiger partial charge on any atom is 0.223 e. The molecule has 1 aliphatic rings. The highest BCUT2D eigenvalue weighted by atomic mass is 79.9. The van der Waals surface area contributed by atoms with Crippen LogP contribution in [0.1, 0.15) is 37.8 Å². The van der Waals surface area contributed by atoms with Crippen molar-refractivity contribution >= 4 is 33.4 Å². The number of carbonyl (C=O) groups excluding carboxylic acids is 1. The highest BCUT2D eigenvalue weighted by Crippen LogP contribution is 2.35. The summed E-state index contributed by atoms with van der Waals surface area (Å²) in [7, 11) is 0. The van der Waals surface area contributed by atoms with Gasteiger partial charge in [-0.25, -0.2) is 0 Å². The molecule has 0 aliphatic carbocycles. The molecule has 2 atom stereocenters. The van der Waals surface area contributed by atoms with Crippen molar-refractivity contribution in [3.8, 4) is 0 Å². The highest BCUT2D eigenvalue weighted by molar-refractivity contribution is 9.10. The van der Waals surface area contributed by atoms with Crippen molar-refractivity contribution in [1.29, 1.82) is 0 Å². The maximum atomic E-state index is 12.2. The first-order valence-electron chi connectivity index (χ1n) is 6.54. The molecule has 0 saturated carbocycles. The third-order valence-corrected chi connectivity index (χ3v) is 4.56. The molecule has 0 aromatic heterocycles. The van der Waals surface area contributed by atoms with Crippen molar-refractivity contribution in [2.75, 3.05) is 6.54 Å². The smallest absolute Gasteiger partial charge is 0.223 e. The molecule has 0 radical (unpaired) electrons. The summed E-state index contributed by atoms with van der Waals surface area (Å²) in [6.07, 6.45) is 2.28. The molecule has 104 valence electrons. The molecular formula is C14H18BrClN2O. The van der Waals surface area contributed by atoms with E-state index in [0.717, 1.165) is 22.9 Å². The van der Waals surface area contributed by atoms with E-state index in [1.54, 1.807) is 0 Å². The van der Waals surface area contributed by atoms with Crippen LogP contribution in [-0.4, -0.2) is 23.4 Å². The Labute approximate surface area is 127 Å². The standard InChI is InChI=1S/C14H18BrClN2O/c1-2-18-13(19)5-3-4-12(17)14(18)10-8-9(16)6-7-11(10)15/h6-8,12,14H,2-5,17H2,1H3. The molecule has 2 N–H and O–H groups in total. The van der Waals surface area contributed by atoms with Crippen molar-refractivity contribution in [2.45, 2.75) is 38.3 Å². The molecule has 5 heteroatoms. The van der Waals surface area contributed by atoms with Crippen LogP contribution in [0.25, 0.3) is 0 Å². The minimum atomic E-state index is -0.104. The number of carbonyl (C=O) groups is 1. The topological polar surface area (TPSA) is 46.3 Å². The number of likely N-dealkylation sites (N-methyl/N-ethyl adjacent to an activating group) is 1. The lowest BCUT2D eigenvalue weighted by atomic mass is 9.96. The SMILES string of the molecule is CCN1C(=O)CCCC(N)C1c1cc(Cl)ccc1Br. The van der Waals surface area contributed by atoms with E-state index in [9.17, 15) is 4.79 Å². The van der Waals surface area contributed by atoms with Gasteiger partial charge in [-0.05, 0) is 43.5 Å². The molecule has 1 aromatic carbocycles.